The van der Waals surface area contributed by atoms with Crippen LogP contribution < -0.4 is 0 Å². The summed E-state index contributed by atoms with van der Waals surface area (Å²) in [6, 6.07) is 13.4. The Morgan fingerprint density at radius 1 is 0.967 bits per heavy atom. The Balaban J connectivity index is 1.95. The van der Waals surface area contributed by atoms with Crippen molar-refractivity contribution >= 4 is 5.71 Å². The number of rotatable bonds is 3. The minimum absolute atomic E-state index is 0.0683. The molecular formula is C22H19F3N2O3. The molecule has 5 nitrogen and oxygen atoms in total. The van der Waals surface area contributed by atoms with Gasteiger partial charge in [-0.2, -0.15) is 13.2 Å². The number of fused-ring (bicyclic) bond motifs is 3. The van der Waals surface area contributed by atoms with Crippen molar-refractivity contribution < 1.29 is 27.9 Å². The Morgan fingerprint density at radius 2 is 1.60 bits per heavy atom. The van der Waals surface area contributed by atoms with Crippen LogP contribution in [0.2, 0.25) is 0 Å². The smallest absolute Gasteiger partial charge is 0.359 e. The number of hydrogen-bond donors (Lipinski definition) is 2. The Hall–Kier alpha value is -2.97. The molecule has 156 valence electrons. The van der Waals surface area contributed by atoms with E-state index in [1.54, 1.807) is 13.0 Å². The Bertz CT molecular complexity index is 1120. The molecule has 1 aliphatic rings. The number of aromatic nitrogens is 1. The molecule has 1 unspecified atom stereocenters. The number of aliphatic imine (C=N–C) groups is 1. The first kappa shape index (κ1) is 20.3. The minimum atomic E-state index is -5.25. The lowest BCUT2D eigenvalue weighted by Gasteiger charge is -2.26. The van der Waals surface area contributed by atoms with Gasteiger partial charge in [-0.1, -0.05) is 59.3 Å². The second-order valence-corrected chi connectivity index (χ2v) is 7.43. The molecule has 0 radical (unpaired) electrons. The van der Waals surface area contributed by atoms with Crippen molar-refractivity contribution in [3.05, 3.63) is 76.7 Å². The van der Waals surface area contributed by atoms with Crippen molar-refractivity contribution in [1.82, 2.24) is 5.16 Å². The zero-order chi connectivity index (χ0) is 21.7. The van der Waals surface area contributed by atoms with E-state index in [9.17, 15) is 23.4 Å². The van der Waals surface area contributed by atoms with Crippen molar-refractivity contribution in [2.75, 3.05) is 0 Å². The van der Waals surface area contributed by atoms with Crippen molar-refractivity contribution in [3.8, 4) is 11.1 Å². The van der Waals surface area contributed by atoms with Gasteiger partial charge in [-0.05, 0) is 19.4 Å². The molecule has 1 aliphatic heterocycles. The topological polar surface area (TPSA) is 78.9 Å². The van der Waals surface area contributed by atoms with Gasteiger partial charge in [-0.15, -0.1) is 0 Å². The number of hydrogen-bond acceptors (Lipinski definition) is 5. The van der Waals surface area contributed by atoms with Gasteiger partial charge in [0, 0.05) is 17.5 Å². The van der Waals surface area contributed by atoms with E-state index in [-0.39, 0.29) is 5.76 Å². The van der Waals surface area contributed by atoms with E-state index in [4.69, 9.17) is 4.52 Å². The third-order valence-electron chi connectivity index (χ3n) is 5.19. The van der Waals surface area contributed by atoms with E-state index in [1.807, 2.05) is 49.4 Å². The lowest BCUT2D eigenvalue weighted by atomic mass is 9.92. The molecule has 3 aromatic rings. The van der Waals surface area contributed by atoms with Crippen LogP contribution in [-0.4, -0.2) is 33.0 Å². The second-order valence-electron chi connectivity index (χ2n) is 7.43. The first-order valence-corrected chi connectivity index (χ1v) is 9.31. The third kappa shape index (κ3) is 3.42. The van der Waals surface area contributed by atoms with Gasteiger partial charge in [0.1, 0.15) is 6.04 Å². The van der Waals surface area contributed by atoms with Crippen molar-refractivity contribution in [1.29, 1.82) is 0 Å². The standard InChI is InChI=1S/C22H19F3N2O3/c1-12-7-9-14(10-8-12)19-16-6-4-3-5-15(16)18-13(2)27-30-20(18)17(26-19)11-21(28,29)22(23,24)25/h3-10,17,28-29H,11H2,1-2H3. The summed E-state index contributed by atoms with van der Waals surface area (Å²) in [6.07, 6.45) is -6.37. The Labute approximate surface area is 170 Å². The maximum absolute atomic E-state index is 13.2. The highest BCUT2D eigenvalue weighted by atomic mass is 19.4. The van der Waals surface area contributed by atoms with E-state index in [0.717, 1.165) is 5.56 Å². The third-order valence-corrected chi connectivity index (χ3v) is 5.19. The van der Waals surface area contributed by atoms with Crippen LogP contribution in [0.5, 0.6) is 0 Å². The summed E-state index contributed by atoms with van der Waals surface area (Å²) in [5.74, 6) is -3.87. The molecule has 2 N–H and O–H groups in total. The summed E-state index contributed by atoms with van der Waals surface area (Å²) in [5, 5.41) is 23.4. The fourth-order valence-corrected chi connectivity index (χ4v) is 3.60. The van der Waals surface area contributed by atoms with Gasteiger partial charge in [0.2, 0.25) is 0 Å². The fraction of sp³-hybridized carbons (Fsp3) is 0.273. The number of aliphatic hydroxyl groups is 2. The summed E-state index contributed by atoms with van der Waals surface area (Å²) in [5.41, 5.74) is 4.57. The van der Waals surface area contributed by atoms with Crippen molar-refractivity contribution in [2.45, 2.75) is 38.3 Å². The second kappa shape index (κ2) is 7.07. The van der Waals surface area contributed by atoms with Gasteiger partial charge in [-0.25, -0.2) is 0 Å². The number of halogens is 3. The molecule has 30 heavy (non-hydrogen) atoms. The van der Waals surface area contributed by atoms with Crippen LogP contribution in [0.15, 0.2) is 58.0 Å². The van der Waals surface area contributed by atoms with Gasteiger partial charge >= 0.3 is 6.18 Å². The van der Waals surface area contributed by atoms with Crippen LogP contribution in [0.25, 0.3) is 11.1 Å². The fourth-order valence-electron chi connectivity index (χ4n) is 3.60. The van der Waals surface area contributed by atoms with Crippen LogP contribution in [0, 0.1) is 13.8 Å². The van der Waals surface area contributed by atoms with Crippen molar-refractivity contribution in [3.63, 3.8) is 0 Å². The minimum Gasteiger partial charge on any atom is -0.359 e. The van der Waals surface area contributed by atoms with Crippen LogP contribution in [0.4, 0.5) is 13.2 Å². The molecule has 0 amide bonds. The van der Waals surface area contributed by atoms with E-state index < -0.39 is 24.4 Å². The molecule has 0 fully saturated rings. The summed E-state index contributed by atoms with van der Waals surface area (Å²) in [7, 11) is 0. The molecular weight excluding hydrogens is 397 g/mol. The molecule has 0 saturated heterocycles. The SMILES string of the molecule is Cc1ccc(C2=NC(CC(O)(O)C(F)(F)F)c3onc(C)c3-c3ccccc32)cc1. The highest BCUT2D eigenvalue weighted by molar-refractivity contribution is 6.17. The molecule has 0 bridgehead atoms. The maximum Gasteiger partial charge on any atom is 0.442 e. The quantitative estimate of drug-likeness (QED) is 0.617. The van der Waals surface area contributed by atoms with E-state index in [0.29, 0.717) is 33.7 Å². The van der Waals surface area contributed by atoms with Gasteiger partial charge < -0.3 is 14.7 Å². The van der Waals surface area contributed by atoms with Crippen LogP contribution in [0.3, 0.4) is 0 Å². The number of alkyl halides is 3. The number of benzene rings is 2. The normalized spacial score (nSPS) is 16.5. The summed E-state index contributed by atoms with van der Waals surface area (Å²) in [4.78, 5) is 4.53. The highest BCUT2D eigenvalue weighted by Gasteiger charge is 2.54. The van der Waals surface area contributed by atoms with Gasteiger partial charge in [0.05, 0.1) is 17.0 Å². The molecule has 2 heterocycles. The molecule has 0 aliphatic carbocycles. The zero-order valence-electron chi connectivity index (χ0n) is 16.2. The molecule has 0 spiro atoms. The lowest BCUT2D eigenvalue weighted by Crippen LogP contribution is -2.46. The average molecular weight is 416 g/mol. The first-order valence-electron chi connectivity index (χ1n) is 9.31. The molecule has 0 saturated carbocycles. The highest BCUT2D eigenvalue weighted by Crippen LogP contribution is 2.44. The summed E-state index contributed by atoms with van der Waals surface area (Å²) in [6.45, 7) is 3.61. The predicted molar refractivity (Wildman–Crippen MR) is 104 cm³/mol. The van der Waals surface area contributed by atoms with Gasteiger partial charge in [0.25, 0.3) is 5.79 Å². The Morgan fingerprint density at radius 3 is 2.23 bits per heavy atom. The van der Waals surface area contributed by atoms with Crippen LogP contribution in [-0.2, 0) is 0 Å². The molecule has 2 aromatic carbocycles. The van der Waals surface area contributed by atoms with Crippen LogP contribution in [0.1, 0.15) is 40.6 Å². The predicted octanol–water partition coefficient (Wildman–Crippen LogP) is 4.48. The van der Waals surface area contributed by atoms with Crippen LogP contribution >= 0.6 is 0 Å². The van der Waals surface area contributed by atoms with E-state index >= 15 is 0 Å². The molecule has 8 heteroatoms. The zero-order valence-corrected chi connectivity index (χ0v) is 16.2. The largest absolute Gasteiger partial charge is 0.442 e. The lowest BCUT2D eigenvalue weighted by molar-refractivity contribution is -0.352. The molecule has 4 rings (SSSR count). The maximum atomic E-state index is 13.2. The number of aryl methyl sites for hydroxylation is 2. The monoisotopic (exact) mass is 416 g/mol. The van der Waals surface area contributed by atoms with E-state index in [1.165, 1.54) is 0 Å². The van der Waals surface area contributed by atoms with Crippen molar-refractivity contribution in [2.24, 2.45) is 4.99 Å². The van der Waals surface area contributed by atoms with E-state index in [2.05, 4.69) is 10.1 Å². The average Bonchev–Trinajstić information content (AvgIpc) is 3.00. The summed E-state index contributed by atoms with van der Waals surface area (Å²) >= 11 is 0. The summed E-state index contributed by atoms with van der Waals surface area (Å²) < 4.78 is 45.0. The Kier molecular flexibility index (Phi) is 4.79. The first-order chi connectivity index (χ1) is 14.1. The van der Waals surface area contributed by atoms with Gasteiger partial charge in [-0.3, -0.25) is 4.99 Å². The number of nitrogens with zero attached hydrogens (tertiary/aromatic N) is 2. The van der Waals surface area contributed by atoms with Gasteiger partial charge in [0.15, 0.2) is 5.76 Å². The molecule has 1 atom stereocenters. The molecule has 1 aromatic heterocycles.